The van der Waals surface area contributed by atoms with Crippen LogP contribution in [0.4, 0.5) is 0 Å². The van der Waals surface area contributed by atoms with Crippen molar-refractivity contribution in [1.82, 2.24) is 5.32 Å². The Bertz CT molecular complexity index is 228. The van der Waals surface area contributed by atoms with Crippen LogP contribution in [0.3, 0.4) is 0 Å². The standard InChI is InChI=1S/C14H27N/c1-5-14(10-15-13(2,3)4)9-11-6-7-12(14)8-11/h11-12,15H,5-10H2,1-4H3. The number of hydrogen-bond donors (Lipinski definition) is 1. The Morgan fingerprint density at radius 3 is 2.40 bits per heavy atom. The molecule has 0 aliphatic heterocycles. The molecule has 1 heteroatoms. The van der Waals surface area contributed by atoms with Gasteiger partial charge in [0, 0.05) is 12.1 Å². The monoisotopic (exact) mass is 209 g/mol. The lowest BCUT2D eigenvalue weighted by atomic mass is 9.71. The van der Waals surface area contributed by atoms with Crippen molar-refractivity contribution in [2.75, 3.05) is 6.54 Å². The van der Waals surface area contributed by atoms with E-state index < -0.39 is 0 Å². The third-order valence-electron chi connectivity index (χ3n) is 4.78. The van der Waals surface area contributed by atoms with E-state index in [1.165, 1.54) is 38.6 Å². The van der Waals surface area contributed by atoms with Gasteiger partial charge in [-0.05, 0) is 63.7 Å². The minimum absolute atomic E-state index is 0.282. The lowest BCUT2D eigenvalue weighted by Crippen LogP contribution is -2.45. The molecule has 0 aromatic rings. The molecule has 1 nitrogen and oxygen atoms in total. The molecule has 15 heavy (non-hydrogen) atoms. The SMILES string of the molecule is CCC1(CNC(C)(C)C)CC2CCC1C2. The first-order valence-electron chi connectivity index (χ1n) is 6.70. The fraction of sp³-hybridized carbons (Fsp3) is 1.00. The first-order valence-corrected chi connectivity index (χ1v) is 6.70. The molecule has 1 N–H and O–H groups in total. The molecule has 88 valence electrons. The molecule has 3 atom stereocenters. The molecule has 2 aliphatic carbocycles. The van der Waals surface area contributed by atoms with Gasteiger partial charge in [0.15, 0.2) is 0 Å². The summed E-state index contributed by atoms with van der Waals surface area (Å²) in [7, 11) is 0. The van der Waals surface area contributed by atoms with E-state index in [1.807, 2.05) is 0 Å². The van der Waals surface area contributed by atoms with E-state index in [0.717, 1.165) is 11.8 Å². The fourth-order valence-corrected chi connectivity index (χ4v) is 3.77. The van der Waals surface area contributed by atoms with Gasteiger partial charge in [0.2, 0.25) is 0 Å². The number of rotatable bonds is 3. The second-order valence-corrected chi connectivity index (χ2v) is 6.90. The predicted molar refractivity (Wildman–Crippen MR) is 65.9 cm³/mol. The van der Waals surface area contributed by atoms with Crippen LogP contribution in [0, 0.1) is 17.3 Å². The van der Waals surface area contributed by atoms with Gasteiger partial charge in [0.25, 0.3) is 0 Å². The first kappa shape index (κ1) is 11.4. The molecule has 0 saturated heterocycles. The van der Waals surface area contributed by atoms with E-state index >= 15 is 0 Å². The van der Waals surface area contributed by atoms with Gasteiger partial charge >= 0.3 is 0 Å². The molecule has 2 bridgehead atoms. The van der Waals surface area contributed by atoms with Crippen molar-refractivity contribution in [3.05, 3.63) is 0 Å². The molecular formula is C14H27N. The topological polar surface area (TPSA) is 12.0 Å². The molecule has 0 radical (unpaired) electrons. The number of nitrogens with one attached hydrogen (secondary N) is 1. The van der Waals surface area contributed by atoms with Crippen molar-refractivity contribution in [3.63, 3.8) is 0 Å². The highest BCUT2D eigenvalue weighted by molar-refractivity contribution is 5.01. The molecule has 2 fully saturated rings. The normalized spacial score (nSPS) is 40.0. The van der Waals surface area contributed by atoms with Crippen molar-refractivity contribution in [1.29, 1.82) is 0 Å². The largest absolute Gasteiger partial charge is 0.312 e. The van der Waals surface area contributed by atoms with Gasteiger partial charge in [-0.3, -0.25) is 0 Å². The lowest BCUT2D eigenvalue weighted by molar-refractivity contribution is 0.137. The molecule has 0 heterocycles. The minimum Gasteiger partial charge on any atom is -0.312 e. The van der Waals surface area contributed by atoms with Crippen molar-refractivity contribution in [2.24, 2.45) is 17.3 Å². The second-order valence-electron chi connectivity index (χ2n) is 6.90. The Morgan fingerprint density at radius 1 is 1.27 bits per heavy atom. The smallest absolute Gasteiger partial charge is 0.00967 e. The maximum atomic E-state index is 3.74. The average Bonchev–Trinajstić information content (AvgIpc) is 2.73. The van der Waals surface area contributed by atoms with Gasteiger partial charge in [0.1, 0.15) is 0 Å². The van der Waals surface area contributed by atoms with E-state index in [0.29, 0.717) is 5.41 Å². The maximum absolute atomic E-state index is 3.74. The summed E-state index contributed by atoms with van der Waals surface area (Å²) < 4.78 is 0. The Hall–Kier alpha value is -0.0400. The minimum atomic E-state index is 0.282. The summed E-state index contributed by atoms with van der Waals surface area (Å²) >= 11 is 0. The third-order valence-corrected chi connectivity index (χ3v) is 4.78. The van der Waals surface area contributed by atoms with Crippen LogP contribution in [0.1, 0.15) is 59.8 Å². The van der Waals surface area contributed by atoms with E-state index in [4.69, 9.17) is 0 Å². The van der Waals surface area contributed by atoms with Gasteiger partial charge in [0.05, 0.1) is 0 Å². The zero-order chi connectivity index (χ0) is 11.1. The summed E-state index contributed by atoms with van der Waals surface area (Å²) in [5.74, 6) is 2.10. The van der Waals surface area contributed by atoms with Crippen LogP contribution < -0.4 is 5.32 Å². The van der Waals surface area contributed by atoms with Crippen LogP contribution in [0.2, 0.25) is 0 Å². The van der Waals surface area contributed by atoms with Crippen LogP contribution >= 0.6 is 0 Å². The Kier molecular flexibility index (Phi) is 2.87. The number of fused-ring (bicyclic) bond motifs is 2. The Balaban J connectivity index is 1.98. The van der Waals surface area contributed by atoms with Crippen LogP contribution in [0.25, 0.3) is 0 Å². The lowest BCUT2D eigenvalue weighted by Gasteiger charge is -2.39. The molecule has 0 aromatic carbocycles. The van der Waals surface area contributed by atoms with Crippen molar-refractivity contribution >= 4 is 0 Å². The van der Waals surface area contributed by atoms with E-state index in [1.54, 1.807) is 0 Å². The molecule has 2 rings (SSSR count). The zero-order valence-corrected chi connectivity index (χ0v) is 10.9. The molecule has 0 amide bonds. The fourth-order valence-electron chi connectivity index (χ4n) is 3.77. The summed E-state index contributed by atoms with van der Waals surface area (Å²) in [6.45, 7) is 10.5. The molecule has 2 aliphatic rings. The van der Waals surface area contributed by atoms with Gasteiger partial charge in [-0.25, -0.2) is 0 Å². The maximum Gasteiger partial charge on any atom is 0.00967 e. The summed E-state index contributed by atoms with van der Waals surface area (Å²) in [5, 5.41) is 3.74. The van der Waals surface area contributed by atoms with Crippen LogP contribution in [0.15, 0.2) is 0 Å². The van der Waals surface area contributed by atoms with Gasteiger partial charge in [-0.1, -0.05) is 13.3 Å². The van der Waals surface area contributed by atoms with Crippen LogP contribution in [-0.2, 0) is 0 Å². The third kappa shape index (κ3) is 2.22. The van der Waals surface area contributed by atoms with Gasteiger partial charge in [-0.15, -0.1) is 0 Å². The quantitative estimate of drug-likeness (QED) is 0.749. The highest BCUT2D eigenvalue weighted by Crippen LogP contribution is 2.57. The average molecular weight is 209 g/mol. The van der Waals surface area contributed by atoms with Crippen molar-refractivity contribution in [2.45, 2.75) is 65.3 Å². The Labute approximate surface area is 95.0 Å². The van der Waals surface area contributed by atoms with E-state index in [9.17, 15) is 0 Å². The van der Waals surface area contributed by atoms with Crippen molar-refractivity contribution < 1.29 is 0 Å². The van der Waals surface area contributed by atoms with Crippen LogP contribution in [0.5, 0.6) is 0 Å². The van der Waals surface area contributed by atoms with E-state index in [-0.39, 0.29) is 5.54 Å². The first-order chi connectivity index (χ1) is 6.95. The summed E-state index contributed by atoms with van der Waals surface area (Å²) in [6, 6.07) is 0. The summed E-state index contributed by atoms with van der Waals surface area (Å²) in [6.07, 6.45) is 7.42. The molecular weight excluding hydrogens is 182 g/mol. The highest BCUT2D eigenvalue weighted by atomic mass is 15.0. The van der Waals surface area contributed by atoms with Gasteiger partial charge in [-0.2, -0.15) is 0 Å². The highest BCUT2D eigenvalue weighted by Gasteiger charge is 2.49. The van der Waals surface area contributed by atoms with Gasteiger partial charge < -0.3 is 5.32 Å². The Morgan fingerprint density at radius 2 is 2.00 bits per heavy atom. The molecule has 0 spiro atoms. The number of hydrogen-bond acceptors (Lipinski definition) is 1. The molecule has 0 aromatic heterocycles. The summed E-state index contributed by atoms with van der Waals surface area (Å²) in [5.41, 5.74) is 0.931. The zero-order valence-electron chi connectivity index (χ0n) is 10.9. The van der Waals surface area contributed by atoms with E-state index in [2.05, 4.69) is 33.0 Å². The van der Waals surface area contributed by atoms with Crippen molar-refractivity contribution in [3.8, 4) is 0 Å². The second kappa shape index (κ2) is 3.76. The molecule has 2 saturated carbocycles. The predicted octanol–water partition coefficient (Wildman–Crippen LogP) is 3.59. The van der Waals surface area contributed by atoms with Crippen LogP contribution in [-0.4, -0.2) is 12.1 Å². The summed E-state index contributed by atoms with van der Waals surface area (Å²) in [4.78, 5) is 0. The molecule has 3 unspecified atom stereocenters.